The highest BCUT2D eigenvalue weighted by Crippen LogP contribution is 2.31. The molecule has 130 valence electrons. The van der Waals surface area contributed by atoms with E-state index in [1.54, 1.807) is 24.3 Å². The molecule has 1 aromatic rings. The highest BCUT2D eigenvalue weighted by atomic mass is 16.4. The molecule has 2 amide bonds. The van der Waals surface area contributed by atoms with E-state index in [1.807, 2.05) is 13.8 Å². The standard InChI is InChI=1S/C18H24N2O4/c1-11(2)19-16(21)12-6-5-7-13(10-12)20-17(22)14-8-3-4-9-15(14)18(23)24/h5-7,10-11,14-15H,3-4,8-9H2,1-2H3,(H,19,21)(H,20,22)(H,23,24)/t14-,15-/m0/s1. The zero-order chi connectivity index (χ0) is 17.7. The number of aliphatic carboxylic acids is 1. The van der Waals surface area contributed by atoms with Crippen LogP contribution in [0.3, 0.4) is 0 Å². The first-order valence-corrected chi connectivity index (χ1v) is 8.33. The number of nitrogens with one attached hydrogen (secondary N) is 2. The summed E-state index contributed by atoms with van der Waals surface area (Å²) in [7, 11) is 0. The van der Waals surface area contributed by atoms with E-state index < -0.39 is 17.8 Å². The molecule has 2 rings (SSSR count). The van der Waals surface area contributed by atoms with Crippen LogP contribution in [0.5, 0.6) is 0 Å². The molecule has 3 N–H and O–H groups in total. The van der Waals surface area contributed by atoms with Gasteiger partial charge in [-0.25, -0.2) is 0 Å². The van der Waals surface area contributed by atoms with E-state index in [9.17, 15) is 19.5 Å². The summed E-state index contributed by atoms with van der Waals surface area (Å²) in [6, 6.07) is 6.69. The van der Waals surface area contributed by atoms with Crippen LogP contribution in [0.1, 0.15) is 49.9 Å². The van der Waals surface area contributed by atoms with Gasteiger partial charge in [-0.15, -0.1) is 0 Å². The summed E-state index contributed by atoms with van der Waals surface area (Å²) in [5.41, 5.74) is 0.964. The molecule has 1 fully saturated rings. The van der Waals surface area contributed by atoms with Gasteiger partial charge in [-0.1, -0.05) is 18.9 Å². The maximum atomic E-state index is 12.5. The summed E-state index contributed by atoms with van der Waals surface area (Å²) in [4.78, 5) is 35.8. The maximum absolute atomic E-state index is 12.5. The molecule has 0 saturated heterocycles. The van der Waals surface area contributed by atoms with E-state index in [1.165, 1.54) is 0 Å². The van der Waals surface area contributed by atoms with E-state index in [2.05, 4.69) is 10.6 Å². The van der Waals surface area contributed by atoms with Crippen molar-refractivity contribution in [1.82, 2.24) is 5.32 Å². The van der Waals surface area contributed by atoms with Gasteiger partial charge in [0.05, 0.1) is 11.8 Å². The van der Waals surface area contributed by atoms with Gasteiger partial charge in [0, 0.05) is 17.3 Å². The van der Waals surface area contributed by atoms with E-state index >= 15 is 0 Å². The molecule has 1 saturated carbocycles. The summed E-state index contributed by atoms with van der Waals surface area (Å²) < 4.78 is 0. The average molecular weight is 332 g/mol. The van der Waals surface area contributed by atoms with Crippen LogP contribution in [-0.2, 0) is 9.59 Å². The van der Waals surface area contributed by atoms with Gasteiger partial charge in [0.15, 0.2) is 0 Å². The van der Waals surface area contributed by atoms with Crippen molar-refractivity contribution >= 4 is 23.5 Å². The predicted octanol–water partition coefficient (Wildman–Crippen LogP) is 2.65. The van der Waals surface area contributed by atoms with E-state index in [4.69, 9.17) is 0 Å². The molecule has 1 aliphatic carbocycles. The summed E-state index contributed by atoms with van der Waals surface area (Å²) in [6.45, 7) is 3.75. The third kappa shape index (κ3) is 4.57. The van der Waals surface area contributed by atoms with Gasteiger partial charge in [0.1, 0.15) is 0 Å². The summed E-state index contributed by atoms with van der Waals surface area (Å²) in [6.07, 6.45) is 2.81. The smallest absolute Gasteiger partial charge is 0.307 e. The molecule has 6 heteroatoms. The van der Waals surface area contributed by atoms with Crippen molar-refractivity contribution in [2.75, 3.05) is 5.32 Å². The summed E-state index contributed by atoms with van der Waals surface area (Å²) in [5, 5.41) is 14.8. The number of carboxylic acids is 1. The molecule has 0 aliphatic heterocycles. The Hall–Kier alpha value is -2.37. The van der Waals surface area contributed by atoms with Crippen LogP contribution in [-0.4, -0.2) is 28.9 Å². The molecule has 1 aromatic carbocycles. The van der Waals surface area contributed by atoms with Crippen molar-refractivity contribution in [3.63, 3.8) is 0 Å². The molecule has 0 radical (unpaired) electrons. The molecule has 0 unspecified atom stereocenters. The second-order valence-electron chi connectivity index (χ2n) is 6.53. The van der Waals surface area contributed by atoms with Crippen LogP contribution in [0, 0.1) is 11.8 Å². The molecular formula is C18H24N2O4. The van der Waals surface area contributed by atoms with Gasteiger partial charge < -0.3 is 15.7 Å². The second kappa shape index (κ2) is 7.95. The zero-order valence-corrected chi connectivity index (χ0v) is 14.0. The molecule has 6 nitrogen and oxygen atoms in total. The quantitative estimate of drug-likeness (QED) is 0.772. The van der Waals surface area contributed by atoms with Crippen LogP contribution < -0.4 is 10.6 Å². The van der Waals surface area contributed by atoms with E-state index in [0.717, 1.165) is 12.8 Å². The average Bonchev–Trinajstić information content (AvgIpc) is 2.54. The highest BCUT2D eigenvalue weighted by Gasteiger charge is 2.35. The first-order chi connectivity index (χ1) is 11.4. The van der Waals surface area contributed by atoms with Gasteiger partial charge in [-0.2, -0.15) is 0 Å². The highest BCUT2D eigenvalue weighted by molar-refractivity contribution is 5.98. The van der Waals surface area contributed by atoms with Crippen molar-refractivity contribution < 1.29 is 19.5 Å². The number of anilines is 1. The number of hydrogen-bond acceptors (Lipinski definition) is 3. The number of amides is 2. The van der Waals surface area contributed by atoms with Crippen LogP contribution in [0.25, 0.3) is 0 Å². The normalized spacial score (nSPS) is 20.5. The topological polar surface area (TPSA) is 95.5 Å². The number of benzene rings is 1. The predicted molar refractivity (Wildman–Crippen MR) is 90.8 cm³/mol. The number of carbonyl (C=O) groups excluding carboxylic acids is 2. The fourth-order valence-electron chi connectivity index (χ4n) is 3.06. The maximum Gasteiger partial charge on any atom is 0.307 e. The lowest BCUT2D eigenvalue weighted by molar-refractivity contribution is -0.147. The Morgan fingerprint density at radius 1 is 1.12 bits per heavy atom. The molecule has 24 heavy (non-hydrogen) atoms. The summed E-state index contributed by atoms with van der Waals surface area (Å²) in [5.74, 6) is -2.57. The Kier molecular flexibility index (Phi) is 5.95. The van der Waals surface area contributed by atoms with Crippen LogP contribution in [0.4, 0.5) is 5.69 Å². The zero-order valence-electron chi connectivity index (χ0n) is 14.0. The number of hydrogen-bond donors (Lipinski definition) is 3. The van der Waals surface area contributed by atoms with Crippen molar-refractivity contribution in [2.24, 2.45) is 11.8 Å². The fourth-order valence-corrected chi connectivity index (χ4v) is 3.06. The monoisotopic (exact) mass is 332 g/mol. The van der Waals surface area contributed by atoms with Crippen molar-refractivity contribution in [3.05, 3.63) is 29.8 Å². The van der Waals surface area contributed by atoms with Crippen molar-refractivity contribution in [2.45, 2.75) is 45.6 Å². The van der Waals surface area contributed by atoms with Crippen LogP contribution >= 0.6 is 0 Å². The SMILES string of the molecule is CC(C)NC(=O)c1cccc(NC(=O)[C@H]2CCCC[C@@H]2C(=O)O)c1. The molecule has 0 heterocycles. The Bertz CT molecular complexity index is 627. The van der Waals surface area contributed by atoms with Crippen LogP contribution in [0.2, 0.25) is 0 Å². The Balaban J connectivity index is 2.08. The number of carbonyl (C=O) groups is 3. The van der Waals surface area contributed by atoms with Gasteiger partial charge in [-0.3, -0.25) is 14.4 Å². The van der Waals surface area contributed by atoms with Gasteiger partial charge in [-0.05, 0) is 44.9 Å². The lowest BCUT2D eigenvalue weighted by Gasteiger charge is -2.27. The Morgan fingerprint density at radius 2 is 1.79 bits per heavy atom. The number of carboxylic acid groups (broad SMARTS) is 1. The second-order valence-corrected chi connectivity index (χ2v) is 6.53. The van der Waals surface area contributed by atoms with Gasteiger partial charge in [0.25, 0.3) is 5.91 Å². The minimum atomic E-state index is -0.917. The molecule has 0 spiro atoms. The van der Waals surface area contributed by atoms with Crippen molar-refractivity contribution in [1.29, 1.82) is 0 Å². The largest absolute Gasteiger partial charge is 0.481 e. The minimum absolute atomic E-state index is 0.0225. The third-order valence-electron chi connectivity index (χ3n) is 4.23. The van der Waals surface area contributed by atoms with E-state index in [-0.39, 0.29) is 17.9 Å². The van der Waals surface area contributed by atoms with Gasteiger partial charge in [0.2, 0.25) is 5.91 Å². The van der Waals surface area contributed by atoms with Crippen molar-refractivity contribution in [3.8, 4) is 0 Å². The number of rotatable bonds is 5. The third-order valence-corrected chi connectivity index (χ3v) is 4.23. The Labute approximate surface area is 141 Å². The summed E-state index contributed by atoms with van der Waals surface area (Å²) >= 11 is 0. The fraction of sp³-hybridized carbons (Fsp3) is 0.500. The molecule has 2 atom stereocenters. The van der Waals surface area contributed by atoms with E-state index in [0.29, 0.717) is 24.1 Å². The molecule has 0 aromatic heterocycles. The minimum Gasteiger partial charge on any atom is -0.481 e. The van der Waals surface area contributed by atoms with Gasteiger partial charge >= 0.3 is 5.97 Å². The first-order valence-electron chi connectivity index (χ1n) is 8.33. The van der Waals surface area contributed by atoms with Crippen LogP contribution in [0.15, 0.2) is 24.3 Å². The lowest BCUT2D eigenvalue weighted by Crippen LogP contribution is -2.36. The molecular weight excluding hydrogens is 308 g/mol. The first kappa shape index (κ1) is 18.0. The lowest BCUT2D eigenvalue weighted by atomic mass is 9.78. The molecule has 1 aliphatic rings. The Morgan fingerprint density at radius 3 is 2.42 bits per heavy atom. The molecule has 0 bridgehead atoms.